The first-order valence-electron chi connectivity index (χ1n) is 6.89. The molecule has 1 aliphatic carbocycles. The number of rotatable bonds is 1. The van der Waals surface area contributed by atoms with Gasteiger partial charge in [-0.05, 0) is 19.3 Å². The molecule has 1 aromatic rings. The average molecular weight is 280 g/mol. The normalized spacial score (nSPS) is 23.0. The summed E-state index contributed by atoms with van der Waals surface area (Å²) in [6.45, 7) is 1.73. The highest BCUT2D eigenvalue weighted by molar-refractivity contribution is 7.99. The predicted octanol–water partition coefficient (Wildman–Crippen LogP) is 1.56. The van der Waals surface area contributed by atoms with E-state index < -0.39 is 0 Å². The van der Waals surface area contributed by atoms with E-state index in [1.54, 1.807) is 0 Å². The number of carbonyl (C=O) groups is 1. The standard InChI is InChI=1S/C13H20N4OS/c1-16-12-4-2-3-11(10(12)9-14-16)15-13(18)17-5-7-19-8-6-17/h9,11H,2-8H2,1H3,(H,15,18)/t11-/m1/s1. The minimum atomic E-state index is 0.0852. The molecule has 0 saturated carbocycles. The van der Waals surface area contributed by atoms with E-state index in [4.69, 9.17) is 0 Å². The van der Waals surface area contributed by atoms with Gasteiger partial charge in [0, 0.05) is 42.9 Å². The van der Waals surface area contributed by atoms with Crippen molar-refractivity contribution in [3.05, 3.63) is 17.5 Å². The topological polar surface area (TPSA) is 50.2 Å². The Morgan fingerprint density at radius 3 is 3.05 bits per heavy atom. The molecule has 1 atom stereocenters. The lowest BCUT2D eigenvalue weighted by molar-refractivity contribution is 0.197. The van der Waals surface area contributed by atoms with Crippen molar-refractivity contribution in [2.75, 3.05) is 24.6 Å². The van der Waals surface area contributed by atoms with Gasteiger partial charge < -0.3 is 10.2 Å². The van der Waals surface area contributed by atoms with E-state index in [2.05, 4.69) is 10.4 Å². The quantitative estimate of drug-likeness (QED) is 0.849. The van der Waals surface area contributed by atoms with E-state index in [9.17, 15) is 4.79 Å². The lowest BCUT2D eigenvalue weighted by Crippen LogP contribution is -2.45. The van der Waals surface area contributed by atoms with Crippen LogP contribution in [-0.2, 0) is 13.5 Å². The van der Waals surface area contributed by atoms with Crippen LogP contribution in [0.4, 0.5) is 4.79 Å². The molecule has 104 valence electrons. The number of aromatic nitrogens is 2. The molecule has 0 unspecified atom stereocenters. The van der Waals surface area contributed by atoms with E-state index in [-0.39, 0.29) is 12.1 Å². The van der Waals surface area contributed by atoms with Crippen LogP contribution in [0.2, 0.25) is 0 Å². The maximum atomic E-state index is 12.3. The molecule has 1 saturated heterocycles. The fourth-order valence-electron chi connectivity index (χ4n) is 2.86. The number of nitrogens with zero attached hydrogens (tertiary/aromatic N) is 3. The molecule has 1 fully saturated rings. The van der Waals surface area contributed by atoms with Crippen molar-refractivity contribution < 1.29 is 4.79 Å². The number of fused-ring (bicyclic) bond motifs is 1. The molecule has 2 aliphatic rings. The molecular weight excluding hydrogens is 260 g/mol. The fraction of sp³-hybridized carbons (Fsp3) is 0.692. The zero-order chi connectivity index (χ0) is 13.2. The first-order chi connectivity index (χ1) is 9.25. The lowest BCUT2D eigenvalue weighted by Gasteiger charge is -2.30. The summed E-state index contributed by atoms with van der Waals surface area (Å²) in [7, 11) is 1.98. The third-order valence-corrected chi connectivity index (χ3v) is 4.91. The van der Waals surface area contributed by atoms with Crippen molar-refractivity contribution in [1.29, 1.82) is 0 Å². The largest absolute Gasteiger partial charge is 0.331 e. The van der Waals surface area contributed by atoms with Gasteiger partial charge in [0.25, 0.3) is 0 Å². The SMILES string of the molecule is Cn1ncc2c1CCC[C@H]2NC(=O)N1CCSCC1. The van der Waals surface area contributed by atoms with Gasteiger partial charge in [0.2, 0.25) is 0 Å². The van der Waals surface area contributed by atoms with Gasteiger partial charge in [-0.25, -0.2) is 4.79 Å². The highest BCUT2D eigenvalue weighted by Crippen LogP contribution is 2.29. The summed E-state index contributed by atoms with van der Waals surface area (Å²) in [6, 6.07) is 0.224. The Bertz CT molecular complexity index is 467. The van der Waals surface area contributed by atoms with E-state index in [1.165, 1.54) is 11.3 Å². The number of aryl methyl sites for hydroxylation is 1. The van der Waals surface area contributed by atoms with Crippen molar-refractivity contribution in [2.24, 2.45) is 7.05 Å². The maximum Gasteiger partial charge on any atom is 0.317 e. The number of hydrogen-bond acceptors (Lipinski definition) is 3. The molecule has 0 spiro atoms. The number of carbonyl (C=O) groups excluding carboxylic acids is 1. The molecular formula is C13H20N4OS. The van der Waals surface area contributed by atoms with Crippen LogP contribution in [0.25, 0.3) is 0 Å². The Morgan fingerprint density at radius 2 is 2.26 bits per heavy atom. The number of urea groups is 1. The minimum Gasteiger partial charge on any atom is -0.331 e. The molecule has 2 amide bonds. The Morgan fingerprint density at radius 1 is 1.47 bits per heavy atom. The van der Waals surface area contributed by atoms with Gasteiger partial charge in [-0.3, -0.25) is 4.68 Å². The van der Waals surface area contributed by atoms with Crippen LogP contribution < -0.4 is 5.32 Å². The molecule has 5 nitrogen and oxygen atoms in total. The molecule has 6 heteroatoms. The van der Waals surface area contributed by atoms with Crippen LogP contribution >= 0.6 is 11.8 Å². The third kappa shape index (κ3) is 2.59. The third-order valence-electron chi connectivity index (χ3n) is 3.97. The van der Waals surface area contributed by atoms with Crippen molar-refractivity contribution in [3.63, 3.8) is 0 Å². The zero-order valence-corrected chi connectivity index (χ0v) is 12.1. The summed E-state index contributed by atoms with van der Waals surface area (Å²) in [4.78, 5) is 14.2. The summed E-state index contributed by atoms with van der Waals surface area (Å²) in [5, 5.41) is 7.50. The average Bonchev–Trinajstić information content (AvgIpc) is 2.83. The van der Waals surface area contributed by atoms with E-state index in [0.717, 1.165) is 43.9 Å². The minimum absolute atomic E-state index is 0.0852. The summed E-state index contributed by atoms with van der Waals surface area (Å²) in [5.74, 6) is 2.10. The van der Waals surface area contributed by atoms with Gasteiger partial charge >= 0.3 is 6.03 Å². The van der Waals surface area contributed by atoms with Gasteiger partial charge in [0.15, 0.2) is 0 Å². The highest BCUT2D eigenvalue weighted by atomic mass is 32.2. The second kappa shape index (κ2) is 5.45. The van der Waals surface area contributed by atoms with E-state index in [1.807, 2.05) is 34.6 Å². The highest BCUT2D eigenvalue weighted by Gasteiger charge is 2.26. The van der Waals surface area contributed by atoms with Gasteiger partial charge in [-0.1, -0.05) is 0 Å². The van der Waals surface area contributed by atoms with Crippen molar-refractivity contribution in [3.8, 4) is 0 Å². The molecule has 1 aromatic heterocycles. The van der Waals surface area contributed by atoms with Crippen LogP contribution in [0.15, 0.2) is 6.20 Å². The molecule has 1 N–H and O–H groups in total. The van der Waals surface area contributed by atoms with Crippen LogP contribution in [-0.4, -0.2) is 45.3 Å². The smallest absolute Gasteiger partial charge is 0.317 e. The van der Waals surface area contributed by atoms with Crippen LogP contribution in [0.1, 0.15) is 30.1 Å². The molecule has 1 aliphatic heterocycles. The molecule has 0 aromatic carbocycles. The summed E-state index contributed by atoms with van der Waals surface area (Å²) in [6.07, 6.45) is 5.12. The van der Waals surface area contributed by atoms with Crippen LogP contribution in [0, 0.1) is 0 Å². The second-order valence-corrected chi connectivity index (χ2v) is 6.39. The zero-order valence-electron chi connectivity index (χ0n) is 11.3. The van der Waals surface area contributed by atoms with Gasteiger partial charge in [0.05, 0.1) is 12.2 Å². The maximum absolute atomic E-state index is 12.3. The van der Waals surface area contributed by atoms with Gasteiger partial charge in [-0.15, -0.1) is 0 Å². The predicted molar refractivity (Wildman–Crippen MR) is 76.3 cm³/mol. The fourth-order valence-corrected chi connectivity index (χ4v) is 3.77. The van der Waals surface area contributed by atoms with E-state index in [0.29, 0.717) is 0 Å². The molecule has 3 rings (SSSR count). The molecule has 0 bridgehead atoms. The summed E-state index contributed by atoms with van der Waals surface area (Å²) >= 11 is 1.92. The summed E-state index contributed by atoms with van der Waals surface area (Å²) < 4.78 is 1.94. The Balaban J connectivity index is 1.68. The number of hydrogen-bond donors (Lipinski definition) is 1. The molecule has 0 radical (unpaired) electrons. The first-order valence-corrected chi connectivity index (χ1v) is 8.05. The van der Waals surface area contributed by atoms with Gasteiger partial charge in [-0.2, -0.15) is 16.9 Å². The Kier molecular flexibility index (Phi) is 3.68. The molecule has 2 heterocycles. The van der Waals surface area contributed by atoms with Crippen molar-refractivity contribution in [1.82, 2.24) is 20.0 Å². The summed E-state index contributed by atoms with van der Waals surface area (Å²) in [5.41, 5.74) is 2.47. The van der Waals surface area contributed by atoms with Crippen molar-refractivity contribution >= 4 is 17.8 Å². The second-order valence-electron chi connectivity index (χ2n) is 5.16. The number of thioether (sulfide) groups is 1. The Hall–Kier alpha value is -1.17. The first kappa shape index (κ1) is 12.8. The van der Waals surface area contributed by atoms with Crippen LogP contribution in [0.5, 0.6) is 0 Å². The lowest BCUT2D eigenvalue weighted by atomic mass is 9.93. The Labute approximate surface area is 117 Å². The van der Waals surface area contributed by atoms with Crippen molar-refractivity contribution in [2.45, 2.75) is 25.3 Å². The monoisotopic (exact) mass is 280 g/mol. The van der Waals surface area contributed by atoms with E-state index >= 15 is 0 Å². The van der Waals surface area contributed by atoms with Gasteiger partial charge in [0.1, 0.15) is 0 Å². The number of nitrogens with one attached hydrogen (secondary N) is 1. The molecule has 19 heavy (non-hydrogen) atoms. The number of amides is 2. The van der Waals surface area contributed by atoms with Crippen LogP contribution in [0.3, 0.4) is 0 Å².